The van der Waals surface area contributed by atoms with E-state index in [9.17, 15) is 4.79 Å². The SMILES string of the molecule is CN1CCN(c2cc3c(cc2F)c(=O)c(C(=N)OC(=N)Cc2ccccc2)cn3Cc2ccc(Cl)cc2)CC1. The van der Waals surface area contributed by atoms with Crippen LogP contribution in [-0.2, 0) is 17.7 Å². The van der Waals surface area contributed by atoms with Crippen LogP contribution in [0.4, 0.5) is 10.1 Å². The number of pyridine rings is 1. The van der Waals surface area contributed by atoms with Crippen molar-refractivity contribution in [2.45, 2.75) is 13.0 Å². The Labute approximate surface area is 231 Å². The van der Waals surface area contributed by atoms with Crippen molar-refractivity contribution < 1.29 is 9.13 Å². The molecule has 1 aliphatic heterocycles. The molecule has 0 unspecified atom stereocenters. The predicted octanol–water partition coefficient (Wildman–Crippen LogP) is 5.16. The molecule has 0 radical (unpaired) electrons. The summed E-state index contributed by atoms with van der Waals surface area (Å²) in [7, 11) is 2.04. The smallest absolute Gasteiger partial charge is 0.226 e. The molecule has 7 nitrogen and oxygen atoms in total. The lowest BCUT2D eigenvalue weighted by Crippen LogP contribution is -2.44. The Morgan fingerprint density at radius 1 is 0.974 bits per heavy atom. The highest BCUT2D eigenvalue weighted by Crippen LogP contribution is 2.27. The van der Waals surface area contributed by atoms with Crippen molar-refractivity contribution in [2.75, 3.05) is 38.1 Å². The fourth-order valence-electron chi connectivity index (χ4n) is 4.76. The molecule has 0 saturated carbocycles. The van der Waals surface area contributed by atoms with E-state index in [1.54, 1.807) is 24.4 Å². The lowest BCUT2D eigenvalue weighted by atomic mass is 10.1. The number of nitrogens with one attached hydrogen (secondary N) is 2. The first-order valence-corrected chi connectivity index (χ1v) is 13.1. The molecule has 0 atom stereocenters. The van der Waals surface area contributed by atoms with Crippen LogP contribution in [0.1, 0.15) is 16.7 Å². The van der Waals surface area contributed by atoms with Gasteiger partial charge < -0.3 is 19.1 Å². The summed E-state index contributed by atoms with van der Waals surface area (Å²) in [6, 6.07) is 19.6. The Morgan fingerprint density at radius 2 is 1.67 bits per heavy atom. The van der Waals surface area contributed by atoms with Crippen molar-refractivity contribution in [3.05, 3.63) is 111 Å². The van der Waals surface area contributed by atoms with Gasteiger partial charge in [0, 0.05) is 55.8 Å². The first-order chi connectivity index (χ1) is 18.8. The van der Waals surface area contributed by atoms with Crippen LogP contribution in [0.15, 0.2) is 77.7 Å². The first-order valence-electron chi connectivity index (χ1n) is 12.7. The highest BCUT2D eigenvalue weighted by Gasteiger charge is 2.22. The van der Waals surface area contributed by atoms with Gasteiger partial charge in [0.2, 0.25) is 11.3 Å². The summed E-state index contributed by atoms with van der Waals surface area (Å²) >= 11 is 6.07. The molecule has 2 N–H and O–H groups in total. The third kappa shape index (κ3) is 6.02. The fraction of sp³-hybridized carbons (Fsp3) is 0.233. The number of benzene rings is 3. The number of aromatic nitrogens is 1. The van der Waals surface area contributed by atoms with Gasteiger partial charge in [0.15, 0.2) is 5.90 Å². The van der Waals surface area contributed by atoms with Gasteiger partial charge in [-0.3, -0.25) is 15.6 Å². The monoisotopic (exact) mass is 545 g/mol. The summed E-state index contributed by atoms with van der Waals surface area (Å²) < 4.78 is 22.7. The Morgan fingerprint density at radius 3 is 2.36 bits per heavy atom. The molecule has 2 heterocycles. The molecule has 1 fully saturated rings. The zero-order chi connectivity index (χ0) is 27.5. The number of rotatable bonds is 6. The summed E-state index contributed by atoms with van der Waals surface area (Å²) in [5, 5.41) is 17.5. The molecular formula is C30H29ClFN5O2. The number of hydrogen-bond acceptors (Lipinski definition) is 6. The second-order valence-electron chi connectivity index (χ2n) is 9.75. The largest absolute Gasteiger partial charge is 0.425 e. The quantitative estimate of drug-likeness (QED) is 0.259. The molecule has 39 heavy (non-hydrogen) atoms. The number of piperazine rings is 1. The predicted molar refractivity (Wildman–Crippen MR) is 154 cm³/mol. The molecule has 9 heteroatoms. The van der Waals surface area contributed by atoms with Crippen molar-refractivity contribution >= 4 is 40.0 Å². The van der Waals surface area contributed by atoms with Gasteiger partial charge >= 0.3 is 0 Å². The van der Waals surface area contributed by atoms with E-state index in [-0.39, 0.29) is 23.3 Å². The van der Waals surface area contributed by atoms with E-state index in [2.05, 4.69) is 4.90 Å². The van der Waals surface area contributed by atoms with Crippen LogP contribution in [0.25, 0.3) is 10.9 Å². The zero-order valence-electron chi connectivity index (χ0n) is 21.6. The van der Waals surface area contributed by atoms with Crippen molar-refractivity contribution in [1.82, 2.24) is 9.47 Å². The second kappa shape index (κ2) is 11.4. The Kier molecular flexibility index (Phi) is 7.77. The van der Waals surface area contributed by atoms with E-state index in [0.717, 1.165) is 24.2 Å². The molecule has 4 aromatic rings. The van der Waals surface area contributed by atoms with E-state index in [1.165, 1.54) is 6.07 Å². The van der Waals surface area contributed by atoms with E-state index < -0.39 is 17.1 Å². The van der Waals surface area contributed by atoms with Gasteiger partial charge in [-0.25, -0.2) is 4.39 Å². The maximum absolute atomic E-state index is 15.4. The molecule has 0 aliphatic carbocycles. The summed E-state index contributed by atoms with van der Waals surface area (Å²) in [6.45, 7) is 3.36. The first kappa shape index (κ1) is 26.6. The Bertz CT molecular complexity index is 1580. The average Bonchev–Trinajstić information content (AvgIpc) is 2.92. The van der Waals surface area contributed by atoms with E-state index in [0.29, 0.717) is 35.9 Å². The number of halogens is 2. The minimum atomic E-state index is -0.515. The van der Waals surface area contributed by atoms with Crippen LogP contribution in [0.3, 0.4) is 0 Å². The number of hydrogen-bond donors (Lipinski definition) is 2. The zero-order valence-corrected chi connectivity index (χ0v) is 22.3. The van der Waals surface area contributed by atoms with Crippen LogP contribution in [0, 0.1) is 16.6 Å². The average molecular weight is 546 g/mol. The fourth-order valence-corrected chi connectivity index (χ4v) is 4.89. The highest BCUT2D eigenvalue weighted by molar-refractivity contribution is 6.30. The van der Waals surface area contributed by atoms with Crippen LogP contribution < -0.4 is 10.3 Å². The molecular weight excluding hydrogens is 517 g/mol. The van der Waals surface area contributed by atoms with Gasteiger partial charge in [0.05, 0.1) is 11.2 Å². The lowest BCUT2D eigenvalue weighted by Gasteiger charge is -2.34. The molecule has 0 bridgehead atoms. The van der Waals surface area contributed by atoms with Crippen molar-refractivity contribution in [3.63, 3.8) is 0 Å². The molecule has 1 aliphatic rings. The molecule has 200 valence electrons. The summed E-state index contributed by atoms with van der Waals surface area (Å²) in [4.78, 5) is 17.7. The van der Waals surface area contributed by atoms with Gasteiger partial charge in [-0.2, -0.15) is 0 Å². The van der Waals surface area contributed by atoms with Crippen molar-refractivity contribution in [3.8, 4) is 0 Å². The summed E-state index contributed by atoms with van der Waals surface area (Å²) in [5.74, 6) is -1.09. The van der Waals surface area contributed by atoms with Gasteiger partial charge in [0.1, 0.15) is 11.4 Å². The van der Waals surface area contributed by atoms with Crippen LogP contribution in [0.5, 0.6) is 0 Å². The topological polar surface area (TPSA) is 85.4 Å². The number of nitrogens with zero attached hydrogens (tertiary/aromatic N) is 3. The van der Waals surface area contributed by atoms with E-state index in [4.69, 9.17) is 27.2 Å². The molecule has 0 spiro atoms. The van der Waals surface area contributed by atoms with Crippen molar-refractivity contribution in [2.24, 2.45) is 0 Å². The standard InChI is InChI=1S/C30H29ClFN5O2/c1-35-11-13-36(14-12-35)27-17-26-23(16-25(27)32)29(38)24(19-37(26)18-21-7-9-22(31)10-8-21)30(34)39-28(33)15-20-5-3-2-4-6-20/h2-10,16-17,19,33-34H,11-15,18H2,1H3. The molecule has 0 amide bonds. The van der Waals surface area contributed by atoms with E-state index >= 15 is 4.39 Å². The van der Waals surface area contributed by atoms with Crippen LogP contribution in [-0.4, -0.2) is 54.5 Å². The second-order valence-corrected chi connectivity index (χ2v) is 10.2. The molecule has 3 aromatic carbocycles. The summed E-state index contributed by atoms with van der Waals surface area (Å²) in [6.07, 6.45) is 1.74. The highest BCUT2D eigenvalue weighted by atomic mass is 35.5. The number of fused-ring (bicyclic) bond motifs is 1. The van der Waals surface area contributed by atoms with Gasteiger partial charge in [0.25, 0.3) is 0 Å². The Hall–Kier alpha value is -4.01. The molecule has 1 aromatic heterocycles. The van der Waals surface area contributed by atoms with Gasteiger partial charge in [-0.15, -0.1) is 0 Å². The lowest BCUT2D eigenvalue weighted by molar-refractivity contribution is 0.312. The minimum absolute atomic E-state index is 0.0407. The van der Waals surface area contributed by atoms with Gasteiger partial charge in [-0.1, -0.05) is 54.1 Å². The maximum Gasteiger partial charge on any atom is 0.226 e. The van der Waals surface area contributed by atoms with Crippen molar-refractivity contribution in [1.29, 1.82) is 10.8 Å². The number of ether oxygens (including phenoxy) is 1. The van der Waals surface area contributed by atoms with Gasteiger partial charge in [-0.05, 0) is 42.4 Å². The third-order valence-corrected chi connectivity index (χ3v) is 7.19. The summed E-state index contributed by atoms with van der Waals surface area (Å²) in [5.41, 5.74) is 2.22. The maximum atomic E-state index is 15.4. The number of anilines is 1. The molecule has 1 saturated heterocycles. The van der Waals surface area contributed by atoms with E-state index in [1.807, 2.05) is 59.0 Å². The molecule has 5 rings (SSSR count). The minimum Gasteiger partial charge on any atom is -0.425 e. The van der Waals surface area contributed by atoms with Crippen LogP contribution in [0.2, 0.25) is 5.02 Å². The third-order valence-electron chi connectivity index (χ3n) is 6.94. The Balaban J connectivity index is 1.54. The van der Waals surface area contributed by atoms with Crippen LogP contribution >= 0.6 is 11.6 Å². The normalized spacial score (nSPS) is 14.0. The number of likely N-dealkylation sites (N-methyl/N-ethyl adjacent to an activating group) is 1.